The lowest BCUT2D eigenvalue weighted by molar-refractivity contribution is 0.232. The molecule has 0 fully saturated rings. The average molecular weight is 184 g/mol. The van der Waals surface area contributed by atoms with E-state index in [4.69, 9.17) is 10.5 Å². The number of ether oxygens (including phenoxy) is 1. The van der Waals surface area contributed by atoms with Crippen molar-refractivity contribution in [3.05, 3.63) is 30.7 Å². The Morgan fingerprint density at radius 2 is 2.67 bits per heavy atom. The van der Waals surface area contributed by atoms with E-state index in [1.54, 1.807) is 6.07 Å². The van der Waals surface area contributed by atoms with Gasteiger partial charge in [-0.1, -0.05) is 11.7 Å². The maximum atomic E-state index is 5.18. The Bertz CT molecular complexity index is 271. The van der Waals surface area contributed by atoms with Gasteiger partial charge < -0.3 is 15.0 Å². The van der Waals surface area contributed by atoms with Crippen molar-refractivity contribution in [2.45, 2.75) is 6.10 Å². The summed E-state index contributed by atoms with van der Waals surface area (Å²) in [4.78, 5) is 0. The Morgan fingerprint density at radius 3 is 3.08 bits per heavy atom. The minimum absolute atomic E-state index is 0.0390. The summed E-state index contributed by atoms with van der Waals surface area (Å²) in [6, 6.07) is 1.66. The zero-order valence-electron chi connectivity index (χ0n) is 6.27. The number of aromatic nitrogens is 1. The smallest absolute Gasteiger partial charge is 0.254 e. The zero-order valence-corrected chi connectivity index (χ0v) is 7.08. The molecule has 0 radical (unpaired) electrons. The van der Waals surface area contributed by atoms with Crippen LogP contribution in [-0.4, -0.2) is 10.3 Å². The maximum absolute atomic E-state index is 5.18. The van der Waals surface area contributed by atoms with Crippen molar-refractivity contribution in [3.63, 3.8) is 0 Å². The third-order valence-corrected chi connectivity index (χ3v) is 1.30. The third kappa shape index (κ3) is 2.06. The summed E-state index contributed by atoms with van der Waals surface area (Å²) in [6.45, 7) is 3.55. The van der Waals surface area contributed by atoms with Crippen LogP contribution < -0.4 is 5.73 Å². The molecule has 0 amide bonds. The second-order valence-electron chi connectivity index (χ2n) is 2.02. The Morgan fingerprint density at radius 1 is 1.92 bits per heavy atom. The molecule has 1 rings (SSSR count). The normalized spacial score (nSPS) is 12.0. The first-order chi connectivity index (χ1) is 5.74. The molecule has 64 valence electrons. The van der Waals surface area contributed by atoms with Gasteiger partial charge in [0, 0.05) is 6.07 Å². The number of hydrogen-bond acceptors (Lipinski definition) is 4. The highest BCUT2D eigenvalue weighted by Gasteiger charge is 2.11. The molecule has 1 heterocycles. The molecule has 2 N–H and O–H groups in total. The lowest BCUT2D eigenvalue weighted by Gasteiger charge is -2.09. The largest absolute Gasteiger partial charge is 0.457 e. The molecule has 0 aromatic carbocycles. The van der Waals surface area contributed by atoms with Gasteiger partial charge in [-0.2, -0.15) is 0 Å². The van der Waals surface area contributed by atoms with Crippen molar-refractivity contribution < 1.29 is 9.26 Å². The fourth-order valence-corrected chi connectivity index (χ4v) is 0.827. The Hall–Kier alpha value is -1.36. The van der Waals surface area contributed by atoms with E-state index in [1.807, 2.05) is 0 Å². The van der Waals surface area contributed by atoms with Crippen molar-refractivity contribution in [3.8, 4) is 0 Å². The highest BCUT2D eigenvalue weighted by molar-refractivity contribution is 7.80. The summed E-state index contributed by atoms with van der Waals surface area (Å²) >= 11 is 4.56. The minimum Gasteiger partial charge on any atom is -0.457 e. The first kappa shape index (κ1) is 8.73. The molecular weight excluding hydrogens is 176 g/mol. The predicted octanol–water partition coefficient (Wildman–Crippen LogP) is 1.16. The summed E-state index contributed by atoms with van der Waals surface area (Å²) in [5.74, 6) is 0. The lowest BCUT2D eigenvalue weighted by atomic mass is 10.2. The molecule has 12 heavy (non-hydrogen) atoms. The van der Waals surface area contributed by atoms with Crippen LogP contribution in [0.1, 0.15) is 11.8 Å². The fourth-order valence-electron chi connectivity index (χ4n) is 0.723. The summed E-state index contributed by atoms with van der Waals surface area (Å²) in [7, 11) is 0. The summed E-state index contributed by atoms with van der Waals surface area (Å²) in [5, 5.41) is 3.62. The molecule has 0 saturated heterocycles. The van der Waals surface area contributed by atoms with Crippen LogP contribution in [0.25, 0.3) is 0 Å². The number of hydrogen-bond donors (Lipinski definition) is 1. The maximum Gasteiger partial charge on any atom is 0.254 e. The third-order valence-electron chi connectivity index (χ3n) is 1.21. The number of rotatable bonds is 3. The number of nitrogens with zero attached hydrogens (tertiary/aromatic N) is 1. The van der Waals surface area contributed by atoms with Gasteiger partial charge >= 0.3 is 0 Å². The first-order valence-corrected chi connectivity index (χ1v) is 3.64. The average Bonchev–Trinajstić information content (AvgIpc) is 2.51. The summed E-state index contributed by atoms with van der Waals surface area (Å²) in [5.41, 5.74) is 5.77. The van der Waals surface area contributed by atoms with Gasteiger partial charge in [-0.05, 0) is 18.3 Å². The van der Waals surface area contributed by atoms with Crippen LogP contribution >= 0.6 is 12.2 Å². The van der Waals surface area contributed by atoms with Crippen LogP contribution in [0.2, 0.25) is 0 Å². The molecule has 5 heteroatoms. The van der Waals surface area contributed by atoms with E-state index in [0.717, 1.165) is 0 Å². The molecule has 0 aliphatic heterocycles. The fraction of sp³-hybridized carbons (Fsp3) is 0.143. The second-order valence-corrected chi connectivity index (χ2v) is 2.42. The van der Waals surface area contributed by atoms with Gasteiger partial charge in [-0.25, -0.2) is 0 Å². The van der Waals surface area contributed by atoms with E-state index in [9.17, 15) is 0 Å². The van der Waals surface area contributed by atoms with E-state index < -0.39 is 6.10 Å². The summed E-state index contributed by atoms with van der Waals surface area (Å²) < 4.78 is 9.63. The highest BCUT2D eigenvalue weighted by atomic mass is 32.1. The van der Waals surface area contributed by atoms with Gasteiger partial charge in [0.25, 0.3) is 5.17 Å². The van der Waals surface area contributed by atoms with Crippen LogP contribution in [-0.2, 0) is 4.74 Å². The minimum atomic E-state index is -0.429. The predicted molar refractivity (Wildman–Crippen MR) is 47.3 cm³/mol. The van der Waals surface area contributed by atoms with Crippen molar-refractivity contribution in [2.24, 2.45) is 5.73 Å². The van der Waals surface area contributed by atoms with E-state index in [2.05, 4.69) is 28.5 Å². The van der Waals surface area contributed by atoms with Crippen molar-refractivity contribution in [1.82, 2.24) is 5.16 Å². The van der Waals surface area contributed by atoms with Gasteiger partial charge in [0.2, 0.25) is 0 Å². The Labute approximate surface area is 75.0 Å². The molecule has 0 spiro atoms. The van der Waals surface area contributed by atoms with Crippen LogP contribution in [0, 0.1) is 0 Å². The van der Waals surface area contributed by atoms with Gasteiger partial charge in [-0.15, -0.1) is 0 Å². The molecular formula is C7H8N2O2S. The standard InChI is InChI=1S/C7H8N2O2S/c1-2-6(11-7(8)12)5-3-4-10-9-5/h2-4,6H,1H2,(H2,8,12). The topological polar surface area (TPSA) is 61.3 Å². The molecule has 0 aliphatic rings. The van der Waals surface area contributed by atoms with E-state index in [0.29, 0.717) is 5.69 Å². The first-order valence-electron chi connectivity index (χ1n) is 3.23. The lowest BCUT2D eigenvalue weighted by Crippen LogP contribution is -2.15. The van der Waals surface area contributed by atoms with Crippen LogP contribution in [0.4, 0.5) is 0 Å². The van der Waals surface area contributed by atoms with Gasteiger partial charge in [0.1, 0.15) is 12.0 Å². The van der Waals surface area contributed by atoms with Crippen molar-refractivity contribution in [2.75, 3.05) is 0 Å². The van der Waals surface area contributed by atoms with Crippen LogP contribution in [0.15, 0.2) is 29.5 Å². The molecule has 0 bridgehead atoms. The van der Waals surface area contributed by atoms with Gasteiger partial charge in [0.15, 0.2) is 6.10 Å². The van der Waals surface area contributed by atoms with E-state index in [-0.39, 0.29) is 5.17 Å². The highest BCUT2D eigenvalue weighted by Crippen LogP contribution is 2.15. The zero-order chi connectivity index (χ0) is 8.97. The summed E-state index contributed by atoms with van der Waals surface area (Å²) in [6.07, 6.45) is 2.55. The number of thiocarbonyl (C=S) groups is 1. The van der Waals surface area contributed by atoms with Crippen molar-refractivity contribution >= 4 is 17.4 Å². The van der Waals surface area contributed by atoms with Gasteiger partial charge in [0.05, 0.1) is 0 Å². The van der Waals surface area contributed by atoms with Gasteiger partial charge in [-0.3, -0.25) is 0 Å². The second kappa shape index (κ2) is 3.87. The van der Waals surface area contributed by atoms with Crippen LogP contribution in [0.3, 0.4) is 0 Å². The molecule has 1 aromatic heterocycles. The quantitative estimate of drug-likeness (QED) is 0.564. The monoisotopic (exact) mass is 184 g/mol. The molecule has 4 nitrogen and oxygen atoms in total. The van der Waals surface area contributed by atoms with E-state index in [1.165, 1.54) is 12.3 Å². The molecule has 0 saturated carbocycles. The molecule has 1 unspecified atom stereocenters. The molecule has 1 atom stereocenters. The van der Waals surface area contributed by atoms with E-state index >= 15 is 0 Å². The molecule has 1 aromatic rings. The van der Waals surface area contributed by atoms with Crippen LogP contribution in [0.5, 0.6) is 0 Å². The van der Waals surface area contributed by atoms with Crippen molar-refractivity contribution in [1.29, 1.82) is 0 Å². The molecule has 0 aliphatic carbocycles. The number of nitrogens with two attached hydrogens (primary N) is 1. The Kier molecular flexibility index (Phi) is 2.82. The Balaban J connectivity index is 2.69. The SMILES string of the molecule is C=CC(OC(N)=S)c1ccon1.